The molecule has 4 nitrogen and oxygen atoms in total. The van der Waals surface area contributed by atoms with Gasteiger partial charge in [-0.1, -0.05) is 20.8 Å². The summed E-state index contributed by atoms with van der Waals surface area (Å²) in [5, 5.41) is 0. The van der Waals surface area contributed by atoms with Gasteiger partial charge in [0.2, 0.25) is 15.9 Å². The number of hydrogen-bond acceptors (Lipinski definition) is 3. The Labute approximate surface area is 86.1 Å². The third-order valence-corrected chi connectivity index (χ3v) is 3.18. The number of rotatable bonds is 5. The van der Waals surface area contributed by atoms with E-state index in [0.29, 0.717) is 12.3 Å². The van der Waals surface area contributed by atoms with Crippen molar-refractivity contribution < 1.29 is 13.2 Å². The van der Waals surface area contributed by atoms with Gasteiger partial charge in [-0.15, -0.1) is 0 Å². The van der Waals surface area contributed by atoms with Gasteiger partial charge >= 0.3 is 0 Å². The molecule has 0 saturated heterocycles. The Kier molecular flexibility index (Phi) is 5.12. The summed E-state index contributed by atoms with van der Waals surface area (Å²) in [6.07, 6.45) is 0.699. The van der Waals surface area contributed by atoms with Crippen LogP contribution >= 0.6 is 0 Å². The Morgan fingerprint density at radius 2 is 1.79 bits per heavy atom. The van der Waals surface area contributed by atoms with Crippen LogP contribution in [0.2, 0.25) is 0 Å². The maximum Gasteiger partial charge on any atom is 0.236 e. The highest BCUT2D eigenvalue weighted by Gasteiger charge is 2.18. The van der Waals surface area contributed by atoms with Crippen LogP contribution in [0.15, 0.2) is 0 Å². The quantitative estimate of drug-likeness (QED) is 0.757. The fourth-order valence-corrected chi connectivity index (χ4v) is 1.79. The van der Waals surface area contributed by atoms with Crippen molar-refractivity contribution in [2.75, 3.05) is 5.75 Å². The lowest BCUT2D eigenvalue weighted by Gasteiger charge is -2.13. The molecule has 0 aromatic heterocycles. The van der Waals surface area contributed by atoms with Crippen LogP contribution in [-0.4, -0.2) is 20.1 Å². The van der Waals surface area contributed by atoms with E-state index >= 15 is 0 Å². The van der Waals surface area contributed by atoms with Crippen molar-refractivity contribution in [2.24, 2.45) is 11.8 Å². The second kappa shape index (κ2) is 5.34. The first-order valence-electron chi connectivity index (χ1n) is 4.82. The predicted octanol–water partition coefficient (Wildman–Crippen LogP) is 1.13. The number of carbonyl (C=O) groups is 1. The number of sulfonamides is 1. The first-order chi connectivity index (χ1) is 6.28. The first kappa shape index (κ1) is 13.4. The average molecular weight is 221 g/mol. The summed E-state index contributed by atoms with van der Waals surface area (Å²) < 4.78 is 24.2. The van der Waals surface area contributed by atoms with Gasteiger partial charge in [0.25, 0.3) is 0 Å². The normalized spacial score (nSPS) is 14.1. The van der Waals surface area contributed by atoms with Crippen LogP contribution in [0.5, 0.6) is 0 Å². The first-order valence-corrected chi connectivity index (χ1v) is 6.48. The Bertz CT molecular complexity index is 282. The van der Waals surface area contributed by atoms with Crippen LogP contribution < -0.4 is 4.72 Å². The summed E-state index contributed by atoms with van der Waals surface area (Å²) in [4.78, 5) is 11.4. The van der Waals surface area contributed by atoms with Crippen molar-refractivity contribution >= 4 is 15.9 Å². The van der Waals surface area contributed by atoms with Crippen LogP contribution in [-0.2, 0) is 14.8 Å². The summed E-state index contributed by atoms with van der Waals surface area (Å²) in [6.45, 7) is 7.24. The summed E-state index contributed by atoms with van der Waals surface area (Å²) in [5.41, 5.74) is 0. The lowest BCUT2D eigenvalue weighted by atomic mass is 9.99. The van der Waals surface area contributed by atoms with E-state index in [1.165, 1.54) is 6.92 Å². The van der Waals surface area contributed by atoms with E-state index in [-0.39, 0.29) is 11.7 Å². The zero-order valence-corrected chi connectivity index (χ0v) is 10.0. The van der Waals surface area contributed by atoms with Gasteiger partial charge in [-0.25, -0.2) is 8.42 Å². The average Bonchev–Trinajstić information content (AvgIpc) is 2.02. The Morgan fingerprint density at radius 3 is 2.14 bits per heavy atom. The lowest BCUT2D eigenvalue weighted by molar-refractivity contribution is -0.123. The van der Waals surface area contributed by atoms with Gasteiger partial charge in [0.1, 0.15) is 0 Å². The van der Waals surface area contributed by atoms with Crippen LogP contribution in [0.1, 0.15) is 34.1 Å². The van der Waals surface area contributed by atoms with Gasteiger partial charge in [-0.05, 0) is 19.3 Å². The molecule has 14 heavy (non-hydrogen) atoms. The molecule has 0 radical (unpaired) electrons. The van der Waals surface area contributed by atoms with Crippen LogP contribution in [0, 0.1) is 11.8 Å². The summed E-state index contributed by atoms with van der Waals surface area (Å²) in [6, 6.07) is 0. The minimum absolute atomic E-state index is 0.0624. The molecule has 0 fully saturated rings. The highest BCUT2D eigenvalue weighted by Crippen LogP contribution is 2.10. The molecule has 1 amide bonds. The van der Waals surface area contributed by atoms with Crippen molar-refractivity contribution in [3.8, 4) is 0 Å². The predicted molar refractivity (Wildman–Crippen MR) is 56.2 cm³/mol. The molecule has 0 unspecified atom stereocenters. The smallest absolute Gasteiger partial charge is 0.236 e. The molecule has 0 aliphatic carbocycles. The molecule has 0 heterocycles. The molecule has 1 atom stereocenters. The Hall–Kier alpha value is -0.580. The second-order valence-electron chi connectivity index (χ2n) is 3.90. The molecule has 5 heteroatoms. The van der Waals surface area contributed by atoms with E-state index in [4.69, 9.17) is 0 Å². The Morgan fingerprint density at radius 1 is 1.29 bits per heavy atom. The largest absolute Gasteiger partial charge is 0.274 e. The zero-order valence-electron chi connectivity index (χ0n) is 9.20. The van der Waals surface area contributed by atoms with Gasteiger partial charge < -0.3 is 0 Å². The van der Waals surface area contributed by atoms with Gasteiger partial charge in [-0.2, -0.15) is 0 Å². The van der Waals surface area contributed by atoms with E-state index < -0.39 is 15.9 Å². The van der Waals surface area contributed by atoms with Crippen LogP contribution in [0.25, 0.3) is 0 Å². The standard InChI is InChI=1S/C9H19NO3S/c1-5-14(12,13)10-9(11)8(4)6-7(2)3/h7-8H,5-6H2,1-4H3,(H,10,11)/t8-/m0/s1. The summed E-state index contributed by atoms with van der Waals surface area (Å²) in [7, 11) is -3.40. The molecule has 0 spiro atoms. The van der Waals surface area contributed by atoms with Crippen molar-refractivity contribution in [3.63, 3.8) is 0 Å². The van der Waals surface area contributed by atoms with Crippen molar-refractivity contribution in [1.82, 2.24) is 4.72 Å². The molecule has 0 aromatic carbocycles. The fourth-order valence-electron chi connectivity index (χ4n) is 1.14. The van der Waals surface area contributed by atoms with Crippen LogP contribution in [0.4, 0.5) is 0 Å². The number of amides is 1. The highest BCUT2D eigenvalue weighted by molar-refractivity contribution is 7.90. The maximum absolute atomic E-state index is 11.4. The van der Waals surface area contributed by atoms with E-state index in [1.54, 1.807) is 6.92 Å². The molecule has 0 aliphatic rings. The van der Waals surface area contributed by atoms with Gasteiger partial charge in [-0.3, -0.25) is 9.52 Å². The fraction of sp³-hybridized carbons (Fsp3) is 0.889. The van der Waals surface area contributed by atoms with Crippen LogP contribution in [0.3, 0.4) is 0 Å². The van der Waals surface area contributed by atoms with Crippen molar-refractivity contribution in [3.05, 3.63) is 0 Å². The monoisotopic (exact) mass is 221 g/mol. The van der Waals surface area contributed by atoms with Gasteiger partial charge in [0.15, 0.2) is 0 Å². The SMILES string of the molecule is CCS(=O)(=O)NC(=O)[C@@H](C)CC(C)C. The zero-order chi connectivity index (χ0) is 11.4. The maximum atomic E-state index is 11.4. The van der Waals surface area contributed by atoms with E-state index in [1.807, 2.05) is 18.6 Å². The minimum atomic E-state index is -3.40. The van der Waals surface area contributed by atoms with Crippen molar-refractivity contribution in [1.29, 1.82) is 0 Å². The summed E-state index contributed by atoms with van der Waals surface area (Å²) in [5.74, 6) is -0.329. The second-order valence-corrected chi connectivity index (χ2v) is 5.91. The molecule has 0 rings (SSSR count). The molecule has 0 aromatic rings. The third-order valence-electron chi connectivity index (χ3n) is 1.91. The minimum Gasteiger partial charge on any atom is -0.274 e. The van der Waals surface area contributed by atoms with Gasteiger partial charge in [0, 0.05) is 5.92 Å². The topological polar surface area (TPSA) is 63.2 Å². The van der Waals surface area contributed by atoms with E-state index in [2.05, 4.69) is 0 Å². The molecule has 0 saturated carbocycles. The molecule has 84 valence electrons. The van der Waals surface area contributed by atoms with E-state index in [0.717, 1.165) is 0 Å². The van der Waals surface area contributed by atoms with E-state index in [9.17, 15) is 13.2 Å². The Balaban J connectivity index is 4.22. The number of hydrogen-bond donors (Lipinski definition) is 1. The summed E-state index contributed by atoms with van der Waals surface area (Å²) >= 11 is 0. The van der Waals surface area contributed by atoms with Crippen molar-refractivity contribution in [2.45, 2.75) is 34.1 Å². The number of carbonyl (C=O) groups excluding carboxylic acids is 1. The third kappa shape index (κ3) is 5.21. The molecule has 0 aliphatic heterocycles. The number of nitrogens with one attached hydrogen (secondary N) is 1. The molecular weight excluding hydrogens is 202 g/mol. The molecule has 0 bridgehead atoms. The molecular formula is C9H19NO3S. The molecule has 1 N–H and O–H groups in total. The lowest BCUT2D eigenvalue weighted by Crippen LogP contribution is -2.36. The van der Waals surface area contributed by atoms with Gasteiger partial charge in [0.05, 0.1) is 5.75 Å². The highest BCUT2D eigenvalue weighted by atomic mass is 32.2.